The van der Waals surface area contributed by atoms with Gasteiger partial charge in [-0.25, -0.2) is 4.98 Å². The van der Waals surface area contributed by atoms with E-state index in [9.17, 15) is 13.2 Å². The number of halogens is 4. The van der Waals surface area contributed by atoms with E-state index in [1.165, 1.54) is 17.4 Å². The minimum absolute atomic E-state index is 0.344. The van der Waals surface area contributed by atoms with Gasteiger partial charge in [-0.2, -0.15) is 13.2 Å². The Hall–Kier alpha value is -2.05. The Labute approximate surface area is 139 Å². The maximum atomic E-state index is 12.7. The quantitative estimate of drug-likeness (QED) is 0.603. The van der Waals surface area contributed by atoms with E-state index in [1.54, 1.807) is 18.2 Å². The fourth-order valence-corrected chi connectivity index (χ4v) is 2.85. The van der Waals surface area contributed by atoms with E-state index in [1.807, 2.05) is 17.5 Å². The van der Waals surface area contributed by atoms with Crippen molar-refractivity contribution in [3.05, 3.63) is 64.5 Å². The molecule has 0 saturated heterocycles. The van der Waals surface area contributed by atoms with Crippen LogP contribution in [0.1, 0.15) is 5.56 Å². The van der Waals surface area contributed by atoms with E-state index in [4.69, 9.17) is 11.6 Å². The molecule has 2 nitrogen and oxygen atoms in total. The van der Waals surface area contributed by atoms with Crippen LogP contribution < -0.4 is 5.32 Å². The number of rotatable bonds is 3. The van der Waals surface area contributed by atoms with Crippen molar-refractivity contribution in [1.82, 2.24) is 4.98 Å². The van der Waals surface area contributed by atoms with Crippen molar-refractivity contribution in [1.29, 1.82) is 0 Å². The zero-order valence-corrected chi connectivity index (χ0v) is 13.1. The fraction of sp³-hybridized carbons (Fsp3) is 0.0625. The summed E-state index contributed by atoms with van der Waals surface area (Å²) in [5, 5.41) is 5.89. The minimum atomic E-state index is -4.37. The maximum Gasteiger partial charge on any atom is 0.416 e. The van der Waals surface area contributed by atoms with Crippen LogP contribution in [0.4, 0.5) is 24.0 Å². The zero-order valence-electron chi connectivity index (χ0n) is 11.6. The fourth-order valence-electron chi connectivity index (χ4n) is 1.98. The molecule has 23 heavy (non-hydrogen) atoms. The number of benzene rings is 2. The highest BCUT2D eigenvalue weighted by Crippen LogP contribution is 2.32. The standard InChI is InChI=1S/C16H10ClF3N2S/c17-12-6-4-10(5-7-12)14-9-23-15(22-14)21-13-3-1-2-11(8-13)16(18,19)20/h1-9H,(H,21,22). The van der Waals surface area contributed by atoms with Crippen molar-refractivity contribution >= 4 is 33.8 Å². The lowest BCUT2D eigenvalue weighted by Crippen LogP contribution is -2.05. The third-order valence-corrected chi connectivity index (χ3v) is 4.10. The number of hydrogen-bond donors (Lipinski definition) is 1. The van der Waals surface area contributed by atoms with Crippen LogP contribution in [-0.2, 0) is 6.18 Å². The van der Waals surface area contributed by atoms with E-state index in [0.29, 0.717) is 15.8 Å². The Morgan fingerprint density at radius 1 is 1.04 bits per heavy atom. The smallest absolute Gasteiger partial charge is 0.332 e. The third-order valence-electron chi connectivity index (χ3n) is 3.09. The number of hydrogen-bond acceptors (Lipinski definition) is 3. The zero-order chi connectivity index (χ0) is 16.4. The summed E-state index contributed by atoms with van der Waals surface area (Å²) in [7, 11) is 0. The molecule has 0 saturated carbocycles. The summed E-state index contributed by atoms with van der Waals surface area (Å²) in [4.78, 5) is 4.38. The molecule has 0 unspecified atom stereocenters. The molecule has 0 radical (unpaired) electrons. The van der Waals surface area contributed by atoms with E-state index in [0.717, 1.165) is 23.4 Å². The van der Waals surface area contributed by atoms with Crippen LogP contribution in [0.3, 0.4) is 0 Å². The number of nitrogens with one attached hydrogen (secondary N) is 1. The van der Waals surface area contributed by atoms with Gasteiger partial charge in [0, 0.05) is 21.7 Å². The van der Waals surface area contributed by atoms with Gasteiger partial charge in [-0.05, 0) is 30.3 Å². The van der Waals surface area contributed by atoms with Crippen LogP contribution in [0, 0.1) is 0 Å². The normalized spacial score (nSPS) is 11.5. The first-order chi connectivity index (χ1) is 10.9. The summed E-state index contributed by atoms with van der Waals surface area (Å²) in [5.41, 5.74) is 1.28. The SMILES string of the molecule is FC(F)(F)c1cccc(Nc2nc(-c3ccc(Cl)cc3)cs2)c1. The van der Waals surface area contributed by atoms with Crippen LogP contribution in [0.2, 0.25) is 5.02 Å². The summed E-state index contributed by atoms with van der Waals surface area (Å²) in [6, 6.07) is 12.2. The summed E-state index contributed by atoms with van der Waals surface area (Å²) in [5.74, 6) is 0. The van der Waals surface area contributed by atoms with Gasteiger partial charge in [0.1, 0.15) is 0 Å². The average Bonchev–Trinajstić information content (AvgIpc) is 2.96. The van der Waals surface area contributed by atoms with E-state index >= 15 is 0 Å². The monoisotopic (exact) mass is 354 g/mol. The molecule has 1 heterocycles. The highest BCUT2D eigenvalue weighted by Gasteiger charge is 2.30. The van der Waals surface area contributed by atoms with Gasteiger partial charge >= 0.3 is 6.18 Å². The molecule has 0 aliphatic rings. The molecule has 0 amide bonds. The van der Waals surface area contributed by atoms with Crippen molar-refractivity contribution < 1.29 is 13.2 Å². The average molecular weight is 355 g/mol. The number of alkyl halides is 3. The Morgan fingerprint density at radius 2 is 1.78 bits per heavy atom. The molecule has 3 aromatic rings. The van der Waals surface area contributed by atoms with Crippen molar-refractivity contribution in [2.24, 2.45) is 0 Å². The van der Waals surface area contributed by atoms with Gasteiger partial charge in [0.15, 0.2) is 5.13 Å². The molecule has 0 fully saturated rings. The predicted molar refractivity (Wildman–Crippen MR) is 87.3 cm³/mol. The maximum absolute atomic E-state index is 12.7. The predicted octanol–water partition coefficient (Wildman–Crippen LogP) is 6.23. The van der Waals surface area contributed by atoms with Crippen LogP contribution in [0.25, 0.3) is 11.3 Å². The van der Waals surface area contributed by atoms with Crippen LogP contribution in [-0.4, -0.2) is 4.98 Å². The van der Waals surface area contributed by atoms with Gasteiger partial charge in [-0.15, -0.1) is 11.3 Å². The number of thiazole rings is 1. The number of aromatic nitrogens is 1. The largest absolute Gasteiger partial charge is 0.416 e. The molecule has 0 atom stereocenters. The van der Waals surface area contributed by atoms with Gasteiger partial charge < -0.3 is 5.32 Å². The van der Waals surface area contributed by atoms with Crippen molar-refractivity contribution in [3.8, 4) is 11.3 Å². The molecule has 3 rings (SSSR count). The molecule has 2 aromatic carbocycles. The topological polar surface area (TPSA) is 24.9 Å². The first-order valence-corrected chi connectivity index (χ1v) is 7.83. The molecule has 7 heteroatoms. The molecule has 0 spiro atoms. The summed E-state index contributed by atoms with van der Waals surface area (Å²) < 4.78 is 38.1. The molecule has 0 aliphatic carbocycles. The highest BCUT2D eigenvalue weighted by atomic mass is 35.5. The second-order valence-electron chi connectivity index (χ2n) is 4.75. The second-order valence-corrected chi connectivity index (χ2v) is 6.04. The first kappa shape index (κ1) is 15.8. The van der Waals surface area contributed by atoms with Gasteiger partial charge in [-0.1, -0.05) is 29.8 Å². The molecule has 118 valence electrons. The molecular weight excluding hydrogens is 345 g/mol. The lowest BCUT2D eigenvalue weighted by atomic mass is 10.2. The lowest BCUT2D eigenvalue weighted by molar-refractivity contribution is -0.137. The van der Waals surface area contributed by atoms with Crippen molar-refractivity contribution in [2.75, 3.05) is 5.32 Å². The van der Waals surface area contributed by atoms with Gasteiger partial charge in [0.25, 0.3) is 0 Å². The molecule has 0 bridgehead atoms. The van der Waals surface area contributed by atoms with Crippen LogP contribution in [0.5, 0.6) is 0 Å². The highest BCUT2D eigenvalue weighted by molar-refractivity contribution is 7.14. The van der Waals surface area contributed by atoms with Crippen LogP contribution in [0.15, 0.2) is 53.9 Å². The van der Waals surface area contributed by atoms with E-state index in [-0.39, 0.29) is 0 Å². The van der Waals surface area contributed by atoms with Gasteiger partial charge in [0.05, 0.1) is 11.3 Å². The summed E-state index contributed by atoms with van der Waals surface area (Å²) >= 11 is 7.16. The van der Waals surface area contributed by atoms with Gasteiger partial charge in [0.2, 0.25) is 0 Å². The van der Waals surface area contributed by atoms with E-state index in [2.05, 4.69) is 10.3 Å². The summed E-state index contributed by atoms with van der Waals surface area (Å²) in [6.45, 7) is 0. The summed E-state index contributed by atoms with van der Waals surface area (Å²) in [6.07, 6.45) is -4.37. The third kappa shape index (κ3) is 3.83. The van der Waals surface area contributed by atoms with Crippen LogP contribution >= 0.6 is 22.9 Å². The molecule has 1 N–H and O–H groups in total. The van der Waals surface area contributed by atoms with E-state index < -0.39 is 11.7 Å². The first-order valence-electron chi connectivity index (χ1n) is 6.57. The van der Waals surface area contributed by atoms with Crippen molar-refractivity contribution in [2.45, 2.75) is 6.18 Å². The number of nitrogens with zero attached hydrogens (tertiary/aromatic N) is 1. The Kier molecular flexibility index (Phi) is 4.28. The van der Waals surface area contributed by atoms with Gasteiger partial charge in [-0.3, -0.25) is 0 Å². The second kappa shape index (κ2) is 6.22. The Balaban J connectivity index is 1.81. The lowest BCUT2D eigenvalue weighted by Gasteiger charge is -2.08. The Morgan fingerprint density at radius 3 is 2.48 bits per heavy atom. The minimum Gasteiger partial charge on any atom is -0.332 e. The molecule has 0 aliphatic heterocycles. The van der Waals surface area contributed by atoms with Crippen molar-refractivity contribution in [3.63, 3.8) is 0 Å². The molecule has 1 aromatic heterocycles. The molecular formula is C16H10ClF3N2S. The Bertz CT molecular complexity index is 813. The number of anilines is 2.